The number of aryl methyl sites for hydroxylation is 2. The fourth-order valence-corrected chi connectivity index (χ4v) is 3.99. The predicted molar refractivity (Wildman–Crippen MR) is 125 cm³/mol. The van der Waals surface area contributed by atoms with Crippen LogP contribution in [-0.2, 0) is 14.4 Å². The summed E-state index contributed by atoms with van der Waals surface area (Å²) in [6, 6.07) is 8.32. The van der Waals surface area contributed by atoms with Crippen molar-refractivity contribution in [1.29, 1.82) is 0 Å². The topological polar surface area (TPSA) is 105 Å². The Morgan fingerprint density at radius 3 is 2.58 bits per heavy atom. The lowest BCUT2D eigenvalue weighted by Crippen LogP contribution is -2.46. The van der Waals surface area contributed by atoms with Crippen LogP contribution in [0.3, 0.4) is 0 Å². The van der Waals surface area contributed by atoms with Gasteiger partial charge in [-0.2, -0.15) is 0 Å². The maximum absolute atomic E-state index is 13.4. The van der Waals surface area contributed by atoms with Crippen molar-refractivity contribution in [1.82, 2.24) is 15.4 Å². The van der Waals surface area contributed by atoms with Crippen LogP contribution >= 0.6 is 0 Å². The molecule has 1 aromatic heterocycles. The summed E-state index contributed by atoms with van der Waals surface area (Å²) in [5.74, 6) is -0.431. The molecule has 2 N–H and O–H groups in total. The summed E-state index contributed by atoms with van der Waals surface area (Å²) in [4.78, 5) is 40.2. The Kier molecular flexibility index (Phi) is 8.18. The van der Waals surface area contributed by atoms with E-state index in [0.717, 1.165) is 49.0 Å². The Labute approximate surface area is 193 Å². The molecule has 0 radical (unpaired) electrons. The lowest BCUT2D eigenvalue weighted by molar-refractivity contribution is -0.137. The van der Waals surface area contributed by atoms with Crippen molar-refractivity contribution in [3.05, 3.63) is 72.0 Å². The molecule has 1 aromatic carbocycles. The highest BCUT2D eigenvalue weighted by Crippen LogP contribution is 2.26. The molecule has 1 heterocycles. The van der Waals surface area contributed by atoms with Crippen molar-refractivity contribution < 1.29 is 18.9 Å². The van der Waals surface area contributed by atoms with Crippen molar-refractivity contribution in [2.45, 2.75) is 51.6 Å². The number of carbonyl (C=O) groups excluding carboxylic acids is 3. The van der Waals surface area contributed by atoms with Gasteiger partial charge in [-0.25, -0.2) is 0 Å². The van der Waals surface area contributed by atoms with E-state index in [2.05, 4.69) is 22.4 Å². The molecule has 0 spiro atoms. The van der Waals surface area contributed by atoms with Gasteiger partial charge in [-0.05, 0) is 37.8 Å². The van der Waals surface area contributed by atoms with Gasteiger partial charge in [0.2, 0.25) is 17.7 Å². The summed E-state index contributed by atoms with van der Waals surface area (Å²) in [5, 5.41) is 9.33. The average Bonchev–Trinajstić information content (AvgIpc) is 3.44. The van der Waals surface area contributed by atoms with E-state index in [4.69, 9.17) is 4.52 Å². The van der Waals surface area contributed by atoms with E-state index in [-0.39, 0.29) is 24.3 Å². The van der Waals surface area contributed by atoms with Gasteiger partial charge in [-0.3, -0.25) is 14.4 Å². The standard InChI is InChI=1S/C25H30N4O4/c1-4-15-29(23(31)14-13-22(30)27-21-16-18(3)33-28-21)24(20-12-8-5-9-17(20)2)25(32)26-19-10-6-7-11-19/h4-5,8-9,12-14,16,19,24H,1,6-7,10-11,15H2,2-3H3,(H,26,32)(H,27,28,30). The van der Waals surface area contributed by atoms with Gasteiger partial charge < -0.3 is 20.1 Å². The van der Waals surface area contributed by atoms with Gasteiger partial charge in [0, 0.05) is 30.8 Å². The molecular formula is C25H30N4O4. The van der Waals surface area contributed by atoms with E-state index < -0.39 is 17.9 Å². The van der Waals surface area contributed by atoms with Crippen LogP contribution in [0.25, 0.3) is 0 Å². The van der Waals surface area contributed by atoms with Crippen LogP contribution in [0.2, 0.25) is 0 Å². The quantitative estimate of drug-likeness (QED) is 0.449. The molecule has 3 rings (SSSR count). The van der Waals surface area contributed by atoms with Crippen molar-refractivity contribution in [3.63, 3.8) is 0 Å². The van der Waals surface area contributed by atoms with Crippen LogP contribution < -0.4 is 10.6 Å². The highest BCUT2D eigenvalue weighted by molar-refractivity contribution is 6.03. The van der Waals surface area contributed by atoms with Crippen molar-refractivity contribution >= 4 is 23.5 Å². The van der Waals surface area contributed by atoms with E-state index in [1.807, 2.05) is 31.2 Å². The second kappa shape index (κ2) is 11.3. The molecule has 1 saturated carbocycles. The third kappa shape index (κ3) is 6.41. The van der Waals surface area contributed by atoms with Crippen LogP contribution in [0.15, 0.2) is 59.7 Å². The van der Waals surface area contributed by atoms with E-state index >= 15 is 0 Å². The zero-order chi connectivity index (χ0) is 23.8. The molecule has 8 heteroatoms. The first kappa shape index (κ1) is 24.0. The van der Waals surface area contributed by atoms with Gasteiger partial charge >= 0.3 is 0 Å². The average molecular weight is 451 g/mol. The summed E-state index contributed by atoms with van der Waals surface area (Å²) in [5.41, 5.74) is 1.63. The molecule has 0 saturated heterocycles. The third-order valence-corrected chi connectivity index (χ3v) is 5.61. The minimum atomic E-state index is -0.844. The molecule has 8 nitrogen and oxygen atoms in total. The summed E-state index contributed by atoms with van der Waals surface area (Å²) in [7, 11) is 0. The molecule has 3 amide bonds. The number of carbonyl (C=O) groups is 3. The molecule has 1 unspecified atom stereocenters. The molecule has 0 aliphatic heterocycles. The van der Waals surface area contributed by atoms with Crippen LogP contribution in [-0.4, -0.2) is 40.4 Å². The Morgan fingerprint density at radius 1 is 1.21 bits per heavy atom. The van der Waals surface area contributed by atoms with Gasteiger partial charge in [-0.15, -0.1) is 6.58 Å². The molecule has 33 heavy (non-hydrogen) atoms. The van der Waals surface area contributed by atoms with Crippen molar-refractivity contribution in [3.8, 4) is 0 Å². The van der Waals surface area contributed by atoms with Crippen molar-refractivity contribution in [2.75, 3.05) is 11.9 Å². The highest BCUT2D eigenvalue weighted by Gasteiger charge is 2.32. The van der Waals surface area contributed by atoms with E-state index in [1.54, 1.807) is 19.1 Å². The van der Waals surface area contributed by atoms with Crippen LogP contribution in [0.1, 0.15) is 48.6 Å². The molecule has 1 aliphatic carbocycles. The number of amides is 3. The Hall–Kier alpha value is -3.68. The third-order valence-electron chi connectivity index (χ3n) is 5.61. The number of rotatable bonds is 9. The fraction of sp³-hybridized carbons (Fsp3) is 0.360. The number of nitrogens with one attached hydrogen (secondary N) is 2. The highest BCUT2D eigenvalue weighted by atomic mass is 16.5. The van der Waals surface area contributed by atoms with E-state index in [9.17, 15) is 14.4 Å². The second-order valence-corrected chi connectivity index (χ2v) is 8.17. The summed E-state index contributed by atoms with van der Waals surface area (Å²) in [6.45, 7) is 7.51. The van der Waals surface area contributed by atoms with Gasteiger partial charge in [-0.1, -0.05) is 48.3 Å². The molecule has 1 atom stereocenters. The predicted octanol–water partition coefficient (Wildman–Crippen LogP) is 3.60. The van der Waals surface area contributed by atoms with Gasteiger partial charge in [0.15, 0.2) is 5.82 Å². The number of hydrogen-bond donors (Lipinski definition) is 2. The number of nitrogens with zero attached hydrogens (tertiary/aromatic N) is 2. The fourth-order valence-electron chi connectivity index (χ4n) is 3.99. The SMILES string of the molecule is C=CCN(C(=O)C=CC(=O)Nc1cc(C)on1)C(C(=O)NC1CCCC1)c1ccccc1C. The lowest BCUT2D eigenvalue weighted by atomic mass is 9.98. The van der Waals surface area contributed by atoms with Gasteiger partial charge in [0.25, 0.3) is 0 Å². The number of benzene rings is 1. The zero-order valence-corrected chi connectivity index (χ0v) is 19.0. The first-order valence-corrected chi connectivity index (χ1v) is 11.1. The summed E-state index contributed by atoms with van der Waals surface area (Å²) in [6.07, 6.45) is 7.87. The smallest absolute Gasteiger partial charge is 0.249 e. The summed E-state index contributed by atoms with van der Waals surface area (Å²) < 4.78 is 4.91. The zero-order valence-electron chi connectivity index (χ0n) is 19.0. The number of hydrogen-bond acceptors (Lipinski definition) is 5. The Bertz CT molecular complexity index is 1040. The molecule has 174 valence electrons. The first-order valence-electron chi connectivity index (χ1n) is 11.1. The van der Waals surface area contributed by atoms with Gasteiger partial charge in [0.1, 0.15) is 11.8 Å². The summed E-state index contributed by atoms with van der Waals surface area (Å²) >= 11 is 0. The molecule has 0 bridgehead atoms. The van der Waals surface area contributed by atoms with Crippen LogP contribution in [0.4, 0.5) is 5.82 Å². The van der Waals surface area contributed by atoms with Crippen molar-refractivity contribution in [2.24, 2.45) is 0 Å². The maximum Gasteiger partial charge on any atom is 0.249 e. The van der Waals surface area contributed by atoms with E-state index in [0.29, 0.717) is 5.76 Å². The molecule has 1 fully saturated rings. The second-order valence-electron chi connectivity index (χ2n) is 8.17. The van der Waals surface area contributed by atoms with Crippen LogP contribution in [0, 0.1) is 13.8 Å². The van der Waals surface area contributed by atoms with E-state index in [1.165, 1.54) is 4.90 Å². The maximum atomic E-state index is 13.4. The van der Waals surface area contributed by atoms with Gasteiger partial charge in [0.05, 0.1) is 0 Å². The lowest BCUT2D eigenvalue weighted by Gasteiger charge is -2.31. The molecule has 2 aromatic rings. The Morgan fingerprint density at radius 2 is 1.94 bits per heavy atom. The monoisotopic (exact) mass is 450 g/mol. The van der Waals surface area contributed by atoms with Crippen LogP contribution in [0.5, 0.6) is 0 Å². The minimum absolute atomic E-state index is 0.108. The Balaban J connectivity index is 1.83. The number of aromatic nitrogens is 1. The molecule has 1 aliphatic rings. The largest absolute Gasteiger partial charge is 0.360 e. The normalized spacial score (nSPS) is 14.7. The number of anilines is 1. The molecular weight excluding hydrogens is 420 g/mol. The first-order chi connectivity index (χ1) is 15.9. The minimum Gasteiger partial charge on any atom is -0.360 e.